The van der Waals surface area contributed by atoms with Crippen molar-refractivity contribution >= 4 is 28.7 Å². The Morgan fingerprint density at radius 1 is 1.03 bits per heavy atom. The Balaban J connectivity index is 1.41. The monoisotopic (exact) mass is 419 g/mol. The van der Waals surface area contributed by atoms with Crippen molar-refractivity contribution < 1.29 is 9.18 Å². The van der Waals surface area contributed by atoms with E-state index < -0.39 is 0 Å². The van der Waals surface area contributed by atoms with Crippen LogP contribution >= 0.6 is 11.8 Å². The van der Waals surface area contributed by atoms with Gasteiger partial charge in [0.25, 0.3) is 5.91 Å². The van der Waals surface area contributed by atoms with Crippen LogP contribution in [0.25, 0.3) is 11.0 Å². The van der Waals surface area contributed by atoms with E-state index in [1.165, 1.54) is 17.8 Å². The van der Waals surface area contributed by atoms with Gasteiger partial charge in [-0.25, -0.2) is 9.37 Å². The second-order valence-electron chi connectivity index (χ2n) is 6.93. The highest BCUT2D eigenvalue weighted by Crippen LogP contribution is 2.27. The Hall–Kier alpha value is -3.12. The standard InChI is InChI=1S/C24H22FN3OS/c1-17-27-21-11-5-6-12-22(21)28(17)15-14-26-24(29)19-9-3-7-13-23(19)30-16-18-8-2-4-10-20(18)25/h2-13H,14-16H2,1H3,(H,26,29). The van der Waals surface area contributed by atoms with Crippen LogP contribution < -0.4 is 5.32 Å². The minimum absolute atomic E-state index is 0.131. The molecule has 0 atom stereocenters. The van der Waals surface area contributed by atoms with Gasteiger partial charge in [0.15, 0.2) is 0 Å². The van der Waals surface area contributed by atoms with E-state index in [-0.39, 0.29) is 11.7 Å². The SMILES string of the molecule is Cc1nc2ccccc2n1CCNC(=O)c1ccccc1SCc1ccccc1F. The van der Waals surface area contributed by atoms with E-state index in [1.54, 1.807) is 18.2 Å². The fourth-order valence-electron chi connectivity index (χ4n) is 3.41. The molecule has 0 fully saturated rings. The number of thioether (sulfide) groups is 1. The summed E-state index contributed by atoms with van der Waals surface area (Å²) < 4.78 is 16.0. The van der Waals surface area contributed by atoms with Gasteiger partial charge in [0.2, 0.25) is 0 Å². The normalized spacial score (nSPS) is 11.0. The molecule has 1 N–H and O–H groups in total. The van der Waals surface area contributed by atoms with E-state index in [1.807, 2.05) is 55.5 Å². The summed E-state index contributed by atoms with van der Waals surface area (Å²) in [4.78, 5) is 18.2. The van der Waals surface area contributed by atoms with Crippen molar-refractivity contribution in [1.29, 1.82) is 0 Å². The molecule has 4 aromatic rings. The third kappa shape index (κ3) is 4.39. The molecule has 0 saturated carbocycles. The molecule has 152 valence electrons. The fourth-order valence-corrected chi connectivity index (χ4v) is 4.44. The third-order valence-corrected chi connectivity index (χ3v) is 6.06. The molecule has 0 unspecified atom stereocenters. The van der Waals surface area contributed by atoms with Gasteiger partial charge in [0.1, 0.15) is 11.6 Å². The highest BCUT2D eigenvalue weighted by Gasteiger charge is 2.13. The molecule has 0 aliphatic rings. The number of aromatic nitrogens is 2. The third-order valence-electron chi connectivity index (χ3n) is 4.94. The Morgan fingerprint density at radius 3 is 2.63 bits per heavy atom. The quantitative estimate of drug-likeness (QED) is 0.419. The van der Waals surface area contributed by atoms with E-state index in [2.05, 4.69) is 14.9 Å². The van der Waals surface area contributed by atoms with Gasteiger partial charge in [0.05, 0.1) is 16.6 Å². The molecule has 30 heavy (non-hydrogen) atoms. The average molecular weight is 420 g/mol. The second kappa shape index (κ2) is 9.13. The van der Waals surface area contributed by atoms with E-state index in [9.17, 15) is 9.18 Å². The predicted octanol–water partition coefficient (Wildman–Crippen LogP) is 5.21. The summed E-state index contributed by atoms with van der Waals surface area (Å²) in [7, 11) is 0. The van der Waals surface area contributed by atoms with Crippen LogP contribution in [0, 0.1) is 12.7 Å². The number of carbonyl (C=O) groups is 1. The number of hydrogen-bond donors (Lipinski definition) is 1. The number of amides is 1. The Labute approximate surface area is 179 Å². The van der Waals surface area contributed by atoms with Gasteiger partial charge >= 0.3 is 0 Å². The Bertz CT molecular complexity index is 1190. The van der Waals surface area contributed by atoms with Gasteiger partial charge in [-0.1, -0.05) is 42.5 Å². The van der Waals surface area contributed by atoms with Crippen molar-refractivity contribution in [3.8, 4) is 0 Å². The first-order chi connectivity index (χ1) is 14.6. The van der Waals surface area contributed by atoms with Gasteiger partial charge in [-0.15, -0.1) is 11.8 Å². The number of fused-ring (bicyclic) bond motifs is 1. The number of nitrogens with zero attached hydrogens (tertiary/aromatic N) is 2. The lowest BCUT2D eigenvalue weighted by Gasteiger charge is -2.11. The predicted molar refractivity (Wildman–Crippen MR) is 119 cm³/mol. The lowest BCUT2D eigenvalue weighted by atomic mass is 10.2. The van der Waals surface area contributed by atoms with E-state index in [0.717, 1.165) is 21.8 Å². The molecule has 1 aromatic heterocycles. The summed E-state index contributed by atoms with van der Waals surface area (Å²) in [5, 5.41) is 3.00. The van der Waals surface area contributed by atoms with Crippen LogP contribution in [0.5, 0.6) is 0 Å². The van der Waals surface area contributed by atoms with E-state index in [0.29, 0.717) is 30.0 Å². The highest BCUT2D eigenvalue weighted by atomic mass is 32.2. The smallest absolute Gasteiger partial charge is 0.252 e. The number of carbonyl (C=O) groups excluding carboxylic acids is 1. The number of aryl methyl sites for hydroxylation is 1. The van der Waals surface area contributed by atoms with Crippen molar-refractivity contribution in [2.75, 3.05) is 6.54 Å². The van der Waals surface area contributed by atoms with Crippen LogP contribution in [0.2, 0.25) is 0 Å². The molecular formula is C24H22FN3OS. The molecule has 0 aliphatic carbocycles. The largest absolute Gasteiger partial charge is 0.350 e. The minimum atomic E-state index is -0.227. The first-order valence-electron chi connectivity index (χ1n) is 9.79. The first-order valence-corrected chi connectivity index (χ1v) is 10.8. The van der Waals surface area contributed by atoms with Crippen LogP contribution in [0.15, 0.2) is 77.7 Å². The molecular weight excluding hydrogens is 397 g/mol. The molecule has 3 aromatic carbocycles. The molecule has 0 bridgehead atoms. The fraction of sp³-hybridized carbons (Fsp3) is 0.167. The van der Waals surface area contributed by atoms with Crippen LogP contribution in [0.1, 0.15) is 21.7 Å². The number of benzene rings is 3. The molecule has 0 radical (unpaired) electrons. The number of imidazole rings is 1. The maximum Gasteiger partial charge on any atom is 0.252 e. The average Bonchev–Trinajstić information content (AvgIpc) is 3.08. The zero-order chi connectivity index (χ0) is 20.9. The lowest BCUT2D eigenvalue weighted by molar-refractivity contribution is 0.0949. The molecule has 1 amide bonds. The van der Waals surface area contributed by atoms with E-state index >= 15 is 0 Å². The van der Waals surface area contributed by atoms with Crippen LogP contribution in [-0.2, 0) is 12.3 Å². The molecule has 4 nitrogen and oxygen atoms in total. The summed E-state index contributed by atoms with van der Waals surface area (Å²) >= 11 is 1.46. The maximum absolute atomic E-state index is 13.9. The van der Waals surface area contributed by atoms with Crippen molar-refractivity contribution in [3.05, 3.63) is 95.6 Å². The Morgan fingerprint density at radius 2 is 1.77 bits per heavy atom. The molecule has 4 rings (SSSR count). The van der Waals surface area contributed by atoms with Gasteiger partial charge in [-0.3, -0.25) is 4.79 Å². The molecule has 0 saturated heterocycles. The van der Waals surface area contributed by atoms with Crippen molar-refractivity contribution in [1.82, 2.24) is 14.9 Å². The molecule has 6 heteroatoms. The minimum Gasteiger partial charge on any atom is -0.350 e. The first kappa shape index (κ1) is 20.2. The van der Waals surface area contributed by atoms with E-state index in [4.69, 9.17) is 0 Å². The summed E-state index contributed by atoms with van der Waals surface area (Å²) in [6, 6.07) is 22.1. The van der Waals surface area contributed by atoms with Gasteiger partial charge < -0.3 is 9.88 Å². The lowest BCUT2D eigenvalue weighted by Crippen LogP contribution is -2.27. The van der Waals surface area contributed by atoms with Gasteiger partial charge in [-0.2, -0.15) is 0 Å². The number of hydrogen-bond acceptors (Lipinski definition) is 3. The number of nitrogens with one attached hydrogen (secondary N) is 1. The number of para-hydroxylation sites is 2. The van der Waals surface area contributed by atoms with Crippen LogP contribution in [-0.4, -0.2) is 22.0 Å². The highest BCUT2D eigenvalue weighted by molar-refractivity contribution is 7.98. The van der Waals surface area contributed by atoms with Crippen LogP contribution in [0.4, 0.5) is 4.39 Å². The zero-order valence-corrected chi connectivity index (χ0v) is 17.5. The topological polar surface area (TPSA) is 46.9 Å². The summed E-state index contributed by atoms with van der Waals surface area (Å²) in [6.07, 6.45) is 0. The van der Waals surface area contributed by atoms with Crippen molar-refractivity contribution in [3.63, 3.8) is 0 Å². The zero-order valence-electron chi connectivity index (χ0n) is 16.6. The summed E-state index contributed by atoms with van der Waals surface area (Å²) in [5.74, 6) is 1.03. The van der Waals surface area contributed by atoms with Crippen molar-refractivity contribution in [2.24, 2.45) is 0 Å². The summed E-state index contributed by atoms with van der Waals surface area (Å²) in [6.45, 7) is 3.10. The molecule has 1 heterocycles. The summed E-state index contributed by atoms with van der Waals surface area (Å²) in [5.41, 5.74) is 3.24. The van der Waals surface area contributed by atoms with Gasteiger partial charge in [0, 0.05) is 23.7 Å². The number of rotatable bonds is 7. The second-order valence-corrected chi connectivity index (χ2v) is 7.95. The number of halogens is 1. The van der Waals surface area contributed by atoms with Gasteiger partial charge in [-0.05, 0) is 42.8 Å². The maximum atomic E-state index is 13.9. The van der Waals surface area contributed by atoms with Crippen LogP contribution in [0.3, 0.4) is 0 Å². The molecule has 0 spiro atoms. The molecule has 0 aliphatic heterocycles. The van der Waals surface area contributed by atoms with Crippen molar-refractivity contribution in [2.45, 2.75) is 24.1 Å². The Kier molecular flexibility index (Phi) is 6.14.